The Kier molecular flexibility index (Phi) is 4.62. The monoisotopic (exact) mass is 402 g/mol. The summed E-state index contributed by atoms with van der Waals surface area (Å²) in [5.41, 5.74) is 5.37. The van der Waals surface area contributed by atoms with Crippen molar-refractivity contribution in [1.82, 2.24) is 9.88 Å². The zero-order valence-corrected chi connectivity index (χ0v) is 16.4. The number of para-hydroxylation sites is 1. The third kappa shape index (κ3) is 3.54. The van der Waals surface area contributed by atoms with E-state index in [-0.39, 0.29) is 12.7 Å². The molecule has 2 heterocycles. The van der Waals surface area contributed by atoms with E-state index < -0.39 is 0 Å². The van der Waals surface area contributed by atoms with Gasteiger partial charge in [0.1, 0.15) is 0 Å². The second-order valence-electron chi connectivity index (χ2n) is 6.83. The summed E-state index contributed by atoms with van der Waals surface area (Å²) >= 11 is 1.54. The van der Waals surface area contributed by atoms with Crippen molar-refractivity contribution < 1.29 is 14.3 Å². The summed E-state index contributed by atoms with van der Waals surface area (Å²) in [4.78, 5) is 19.6. The Morgan fingerprint density at radius 3 is 2.79 bits per heavy atom. The largest absolute Gasteiger partial charge is 0.454 e. The van der Waals surface area contributed by atoms with E-state index in [0.29, 0.717) is 18.7 Å². The van der Waals surface area contributed by atoms with Crippen LogP contribution in [-0.2, 0) is 13.1 Å². The third-order valence-corrected chi connectivity index (χ3v) is 5.71. The number of fused-ring (bicyclic) bond motifs is 2. The number of ether oxygens (including phenoxy) is 2. The van der Waals surface area contributed by atoms with Gasteiger partial charge in [-0.3, -0.25) is 4.79 Å². The van der Waals surface area contributed by atoms with Crippen LogP contribution >= 0.6 is 11.3 Å². The van der Waals surface area contributed by atoms with E-state index in [9.17, 15) is 4.79 Å². The van der Waals surface area contributed by atoms with E-state index in [2.05, 4.69) is 4.98 Å². The summed E-state index contributed by atoms with van der Waals surface area (Å²) < 4.78 is 12.1. The Hall–Kier alpha value is -3.38. The molecule has 1 aliphatic heterocycles. The van der Waals surface area contributed by atoms with Crippen molar-refractivity contribution >= 4 is 27.5 Å². The van der Waals surface area contributed by atoms with Gasteiger partial charge >= 0.3 is 0 Å². The number of carbonyl (C=O) groups is 1. The van der Waals surface area contributed by atoms with Gasteiger partial charge in [0.15, 0.2) is 11.5 Å². The van der Waals surface area contributed by atoms with Gasteiger partial charge < -0.3 is 14.4 Å². The number of amides is 1. The van der Waals surface area contributed by atoms with Crippen LogP contribution in [0.4, 0.5) is 0 Å². The molecule has 4 aromatic rings. The first-order valence-corrected chi connectivity index (χ1v) is 10.2. The quantitative estimate of drug-likeness (QED) is 0.478. The van der Waals surface area contributed by atoms with Gasteiger partial charge in [0.05, 0.1) is 22.3 Å². The highest BCUT2D eigenvalue weighted by molar-refractivity contribution is 7.16. The fourth-order valence-corrected chi connectivity index (χ4v) is 4.21. The van der Waals surface area contributed by atoms with Crippen LogP contribution in [0.25, 0.3) is 10.2 Å². The van der Waals surface area contributed by atoms with E-state index in [0.717, 1.165) is 32.8 Å². The highest BCUT2D eigenvalue weighted by Gasteiger charge is 2.23. The normalized spacial score (nSPS) is 12.3. The summed E-state index contributed by atoms with van der Waals surface area (Å²) in [5.74, 6) is 1.41. The zero-order chi connectivity index (χ0) is 19.6. The molecule has 3 aromatic carbocycles. The standard InChI is InChI=1S/C23H18N2O3S/c26-23(17-9-10-19-21(11-17)29-14-24-19)25(12-16-5-2-1-3-6-16)13-18-7-4-8-20-22(18)28-15-27-20/h1-11,14H,12-13,15H2. The molecule has 0 saturated heterocycles. The van der Waals surface area contributed by atoms with Crippen LogP contribution in [0.2, 0.25) is 0 Å². The SMILES string of the molecule is O=C(c1ccc2ncsc2c1)N(Cc1ccccc1)Cc1cccc2c1OCO2. The van der Waals surface area contributed by atoms with Crippen LogP contribution in [0.5, 0.6) is 11.5 Å². The molecule has 0 spiro atoms. The highest BCUT2D eigenvalue weighted by atomic mass is 32.1. The topological polar surface area (TPSA) is 51.7 Å². The Morgan fingerprint density at radius 1 is 1.00 bits per heavy atom. The van der Waals surface area contributed by atoms with Crippen LogP contribution in [0.15, 0.2) is 72.2 Å². The number of nitrogens with zero attached hydrogens (tertiary/aromatic N) is 2. The summed E-state index contributed by atoms with van der Waals surface area (Å²) in [6.07, 6.45) is 0. The predicted molar refractivity (Wildman–Crippen MR) is 112 cm³/mol. The zero-order valence-electron chi connectivity index (χ0n) is 15.6. The Balaban J connectivity index is 1.49. The van der Waals surface area contributed by atoms with Crippen molar-refractivity contribution in [3.05, 3.63) is 88.9 Å². The molecule has 0 saturated carbocycles. The van der Waals surface area contributed by atoms with Crippen molar-refractivity contribution in [3.63, 3.8) is 0 Å². The van der Waals surface area contributed by atoms with E-state index in [1.807, 2.05) is 71.6 Å². The number of hydrogen-bond donors (Lipinski definition) is 0. The molecule has 6 heteroatoms. The van der Waals surface area contributed by atoms with Gasteiger partial charge in [0.25, 0.3) is 5.91 Å². The van der Waals surface area contributed by atoms with Crippen LogP contribution in [-0.4, -0.2) is 22.6 Å². The highest BCUT2D eigenvalue weighted by Crippen LogP contribution is 2.36. The van der Waals surface area contributed by atoms with Crippen LogP contribution in [0, 0.1) is 0 Å². The van der Waals surface area contributed by atoms with Crippen LogP contribution in [0.3, 0.4) is 0 Å². The van der Waals surface area contributed by atoms with Gasteiger partial charge in [-0.2, -0.15) is 0 Å². The van der Waals surface area contributed by atoms with E-state index in [4.69, 9.17) is 9.47 Å². The molecule has 0 bridgehead atoms. The fourth-order valence-electron chi connectivity index (χ4n) is 3.49. The lowest BCUT2D eigenvalue weighted by atomic mass is 10.1. The van der Waals surface area contributed by atoms with Crippen molar-refractivity contribution in [2.75, 3.05) is 6.79 Å². The Morgan fingerprint density at radius 2 is 1.90 bits per heavy atom. The Labute approximate surface area is 172 Å². The minimum Gasteiger partial charge on any atom is -0.454 e. The van der Waals surface area contributed by atoms with Gasteiger partial charge in [0, 0.05) is 17.7 Å². The first-order chi connectivity index (χ1) is 14.3. The number of benzene rings is 3. The number of rotatable bonds is 5. The van der Waals surface area contributed by atoms with Gasteiger partial charge in [-0.05, 0) is 29.8 Å². The minimum atomic E-state index is -0.0272. The van der Waals surface area contributed by atoms with Gasteiger partial charge in [-0.15, -0.1) is 11.3 Å². The van der Waals surface area contributed by atoms with Gasteiger partial charge in [0.2, 0.25) is 6.79 Å². The lowest BCUT2D eigenvalue weighted by molar-refractivity contribution is 0.0728. The average Bonchev–Trinajstić information content (AvgIpc) is 3.42. The third-order valence-electron chi connectivity index (χ3n) is 4.92. The molecule has 0 N–H and O–H groups in total. The summed E-state index contributed by atoms with van der Waals surface area (Å²) in [6, 6.07) is 21.5. The van der Waals surface area contributed by atoms with Crippen molar-refractivity contribution in [2.24, 2.45) is 0 Å². The molecule has 1 aliphatic rings. The minimum absolute atomic E-state index is 0.0272. The summed E-state index contributed by atoms with van der Waals surface area (Å²) in [6.45, 7) is 1.15. The first kappa shape index (κ1) is 17.7. The number of aromatic nitrogens is 1. The molecule has 5 rings (SSSR count). The first-order valence-electron chi connectivity index (χ1n) is 9.32. The predicted octanol–water partition coefficient (Wildman–Crippen LogP) is 4.87. The molecule has 0 unspecified atom stereocenters. The molecule has 0 fully saturated rings. The molecule has 0 radical (unpaired) electrons. The number of hydrogen-bond acceptors (Lipinski definition) is 5. The average molecular weight is 402 g/mol. The molecule has 5 nitrogen and oxygen atoms in total. The van der Waals surface area contributed by atoms with Crippen LogP contribution < -0.4 is 9.47 Å². The second-order valence-corrected chi connectivity index (χ2v) is 7.72. The lowest BCUT2D eigenvalue weighted by Crippen LogP contribution is -2.30. The lowest BCUT2D eigenvalue weighted by Gasteiger charge is -2.24. The molecule has 0 aliphatic carbocycles. The fraction of sp³-hybridized carbons (Fsp3) is 0.130. The summed E-state index contributed by atoms with van der Waals surface area (Å²) in [5, 5.41) is 0. The maximum Gasteiger partial charge on any atom is 0.254 e. The van der Waals surface area contributed by atoms with Gasteiger partial charge in [-0.1, -0.05) is 42.5 Å². The smallest absolute Gasteiger partial charge is 0.254 e. The molecule has 0 atom stereocenters. The Bertz CT molecular complexity index is 1170. The molecule has 144 valence electrons. The summed E-state index contributed by atoms with van der Waals surface area (Å²) in [7, 11) is 0. The van der Waals surface area contributed by atoms with Crippen molar-refractivity contribution in [2.45, 2.75) is 13.1 Å². The molecule has 1 aromatic heterocycles. The number of carbonyl (C=O) groups excluding carboxylic acids is 1. The molecule has 29 heavy (non-hydrogen) atoms. The van der Waals surface area contributed by atoms with Gasteiger partial charge in [-0.25, -0.2) is 4.98 Å². The maximum absolute atomic E-state index is 13.5. The van der Waals surface area contributed by atoms with E-state index in [1.165, 1.54) is 11.3 Å². The number of thiazole rings is 1. The van der Waals surface area contributed by atoms with E-state index in [1.54, 1.807) is 5.51 Å². The van der Waals surface area contributed by atoms with Crippen LogP contribution in [0.1, 0.15) is 21.5 Å². The molecule has 1 amide bonds. The van der Waals surface area contributed by atoms with Crippen molar-refractivity contribution in [1.29, 1.82) is 0 Å². The maximum atomic E-state index is 13.5. The van der Waals surface area contributed by atoms with E-state index >= 15 is 0 Å². The van der Waals surface area contributed by atoms with Crippen molar-refractivity contribution in [3.8, 4) is 11.5 Å². The molecular weight excluding hydrogens is 384 g/mol. The second kappa shape index (κ2) is 7.56. The molecular formula is C23H18N2O3S.